The van der Waals surface area contributed by atoms with E-state index in [0.717, 1.165) is 32.5 Å². The molecule has 2 aromatic carbocycles. The van der Waals surface area contributed by atoms with Crippen LogP contribution in [-0.4, -0.2) is 11.9 Å². The first kappa shape index (κ1) is 13.4. The molecule has 20 heavy (non-hydrogen) atoms. The number of hydrogen-bond donors (Lipinski definition) is 0. The molecule has 102 valence electrons. The molecule has 1 aliphatic heterocycles. The Bertz CT molecular complexity index is 666. The summed E-state index contributed by atoms with van der Waals surface area (Å²) in [4.78, 5) is 12.7. The Morgan fingerprint density at radius 1 is 1.20 bits per heavy atom. The number of halogens is 1. The van der Waals surface area contributed by atoms with Crippen LogP contribution < -0.4 is 4.74 Å². The Balaban J connectivity index is 1.90. The Kier molecular flexibility index (Phi) is 3.38. The average Bonchev–Trinajstić information content (AvgIpc) is 2.86. The van der Waals surface area contributed by atoms with Crippen molar-refractivity contribution >= 4 is 21.7 Å². The molecule has 1 atom stereocenters. The van der Waals surface area contributed by atoms with Crippen molar-refractivity contribution in [3.8, 4) is 5.75 Å². The van der Waals surface area contributed by atoms with Crippen LogP contribution in [0.15, 0.2) is 40.9 Å². The van der Waals surface area contributed by atoms with E-state index in [2.05, 4.69) is 15.9 Å². The number of aryl methyl sites for hydroxylation is 2. The van der Waals surface area contributed by atoms with Gasteiger partial charge >= 0.3 is 0 Å². The highest BCUT2D eigenvalue weighted by molar-refractivity contribution is 9.10. The lowest BCUT2D eigenvalue weighted by atomic mass is 9.97. The third-order valence-electron chi connectivity index (χ3n) is 3.71. The first-order valence-corrected chi connectivity index (χ1v) is 7.41. The van der Waals surface area contributed by atoms with Gasteiger partial charge in [-0.2, -0.15) is 0 Å². The van der Waals surface area contributed by atoms with Crippen LogP contribution in [0.1, 0.15) is 27.0 Å². The van der Waals surface area contributed by atoms with Crippen LogP contribution in [-0.2, 0) is 6.42 Å². The lowest BCUT2D eigenvalue weighted by Gasteiger charge is -2.13. The fourth-order valence-corrected chi connectivity index (χ4v) is 3.01. The van der Waals surface area contributed by atoms with E-state index in [0.29, 0.717) is 6.42 Å². The summed E-state index contributed by atoms with van der Waals surface area (Å²) in [6.07, 6.45) is 0.260. The van der Waals surface area contributed by atoms with E-state index in [1.807, 2.05) is 50.2 Å². The van der Waals surface area contributed by atoms with Gasteiger partial charge in [-0.3, -0.25) is 4.79 Å². The summed E-state index contributed by atoms with van der Waals surface area (Å²) in [7, 11) is 0. The van der Waals surface area contributed by atoms with Gasteiger partial charge in [0.05, 0.1) is 0 Å². The van der Waals surface area contributed by atoms with Gasteiger partial charge in [-0.1, -0.05) is 34.1 Å². The predicted molar refractivity (Wildman–Crippen MR) is 82.5 cm³/mol. The van der Waals surface area contributed by atoms with Crippen molar-refractivity contribution in [1.29, 1.82) is 0 Å². The number of ketones is 1. The highest BCUT2D eigenvalue weighted by Gasteiger charge is 2.30. The first-order chi connectivity index (χ1) is 9.56. The van der Waals surface area contributed by atoms with E-state index in [1.165, 1.54) is 0 Å². The molecule has 0 fully saturated rings. The molecule has 0 saturated heterocycles. The number of ether oxygens (including phenoxy) is 1. The number of benzene rings is 2. The summed E-state index contributed by atoms with van der Waals surface area (Å²) in [6.45, 7) is 3.95. The van der Waals surface area contributed by atoms with E-state index in [1.54, 1.807) is 0 Å². The van der Waals surface area contributed by atoms with E-state index in [-0.39, 0.29) is 5.78 Å². The zero-order valence-electron chi connectivity index (χ0n) is 11.4. The Labute approximate surface area is 126 Å². The standard InChI is InChI=1S/C17H15BrO2/c1-10-8-14(18)11(2)7-13(10)17(19)16-9-12-5-3-4-6-15(12)20-16/h3-8,16H,9H2,1-2H3. The van der Waals surface area contributed by atoms with Crippen LogP contribution in [0, 0.1) is 13.8 Å². The van der Waals surface area contributed by atoms with Gasteiger partial charge in [-0.15, -0.1) is 0 Å². The van der Waals surface area contributed by atoms with Gasteiger partial charge in [0.15, 0.2) is 6.10 Å². The lowest BCUT2D eigenvalue weighted by Crippen LogP contribution is -2.26. The molecule has 0 bridgehead atoms. The summed E-state index contributed by atoms with van der Waals surface area (Å²) >= 11 is 3.49. The monoisotopic (exact) mass is 330 g/mol. The lowest BCUT2D eigenvalue weighted by molar-refractivity contribution is 0.0824. The van der Waals surface area contributed by atoms with Crippen LogP contribution in [0.5, 0.6) is 5.75 Å². The minimum absolute atomic E-state index is 0.0642. The Morgan fingerprint density at radius 3 is 2.70 bits per heavy atom. The predicted octanol–water partition coefficient (Wildman–Crippen LogP) is 4.25. The van der Waals surface area contributed by atoms with E-state index < -0.39 is 6.10 Å². The second-order valence-corrected chi connectivity index (χ2v) is 6.05. The highest BCUT2D eigenvalue weighted by Crippen LogP contribution is 2.31. The molecule has 1 aliphatic rings. The third-order valence-corrected chi connectivity index (χ3v) is 4.57. The van der Waals surface area contributed by atoms with E-state index >= 15 is 0 Å². The van der Waals surface area contributed by atoms with Gasteiger partial charge in [0, 0.05) is 16.5 Å². The second kappa shape index (κ2) is 5.06. The van der Waals surface area contributed by atoms with Crippen LogP contribution in [0.3, 0.4) is 0 Å². The summed E-state index contributed by atoms with van der Waals surface area (Å²) in [5.74, 6) is 0.895. The van der Waals surface area contributed by atoms with Crippen molar-refractivity contribution in [2.45, 2.75) is 26.4 Å². The SMILES string of the molecule is Cc1cc(C(=O)C2Cc3ccccc3O2)c(C)cc1Br. The molecule has 0 aromatic heterocycles. The molecule has 1 unspecified atom stereocenters. The number of rotatable bonds is 2. The quantitative estimate of drug-likeness (QED) is 0.769. The van der Waals surface area contributed by atoms with Gasteiger partial charge in [0.2, 0.25) is 5.78 Å². The zero-order valence-corrected chi connectivity index (χ0v) is 13.0. The van der Waals surface area contributed by atoms with Crippen molar-refractivity contribution in [2.75, 3.05) is 0 Å². The molecule has 2 nitrogen and oxygen atoms in total. The number of fused-ring (bicyclic) bond motifs is 1. The molecule has 3 rings (SSSR count). The molecular formula is C17H15BrO2. The average molecular weight is 331 g/mol. The first-order valence-electron chi connectivity index (χ1n) is 6.62. The maximum Gasteiger partial charge on any atom is 0.203 e. The van der Waals surface area contributed by atoms with E-state index in [4.69, 9.17) is 4.74 Å². The molecule has 0 amide bonds. The normalized spacial score (nSPS) is 16.6. The maximum absolute atomic E-state index is 12.7. The number of para-hydroxylation sites is 1. The van der Waals surface area contributed by atoms with Gasteiger partial charge in [-0.05, 0) is 48.7 Å². The van der Waals surface area contributed by atoms with Crippen LogP contribution in [0.4, 0.5) is 0 Å². The topological polar surface area (TPSA) is 26.3 Å². The summed E-state index contributed by atoms with van der Waals surface area (Å²) < 4.78 is 6.82. The van der Waals surface area contributed by atoms with Crippen LogP contribution in [0.25, 0.3) is 0 Å². The van der Waals surface area contributed by atoms with Crippen LogP contribution >= 0.6 is 15.9 Å². The Hall–Kier alpha value is -1.61. The van der Waals surface area contributed by atoms with Crippen LogP contribution in [0.2, 0.25) is 0 Å². The minimum atomic E-state index is -0.397. The fourth-order valence-electron chi connectivity index (χ4n) is 2.55. The highest BCUT2D eigenvalue weighted by atomic mass is 79.9. The van der Waals surface area contributed by atoms with E-state index in [9.17, 15) is 4.79 Å². The Morgan fingerprint density at radius 2 is 1.95 bits per heavy atom. The molecule has 0 aliphatic carbocycles. The molecule has 0 saturated carbocycles. The van der Waals surface area contributed by atoms with Crippen molar-refractivity contribution in [2.24, 2.45) is 0 Å². The van der Waals surface area contributed by atoms with Gasteiger partial charge < -0.3 is 4.74 Å². The van der Waals surface area contributed by atoms with Gasteiger partial charge in [0.1, 0.15) is 5.75 Å². The second-order valence-electron chi connectivity index (χ2n) is 5.20. The van der Waals surface area contributed by atoms with Crippen molar-refractivity contribution < 1.29 is 9.53 Å². The summed E-state index contributed by atoms with van der Waals surface area (Å²) in [5, 5.41) is 0. The molecule has 2 aromatic rings. The smallest absolute Gasteiger partial charge is 0.203 e. The summed E-state index contributed by atoms with van der Waals surface area (Å²) in [6, 6.07) is 11.8. The number of carbonyl (C=O) groups excluding carboxylic acids is 1. The fraction of sp³-hybridized carbons (Fsp3) is 0.235. The van der Waals surface area contributed by atoms with Crippen molar-refractivity contribution in [3.63, 3.8) is 0 Å². The van der Waals surface area contributed by atoms with Crippen molar-refractivity contribution in [3.05, 3.63) is 63.1 Å². The van der Waals surface area contributed by atoms with Gasteiger partial charge in [0.25, 0.3) is 0 Å². The zero-order chi connectivity index (χ0) is 14.3. The largest absolute Gasteiger partial charge is 0.482 e. The molecule has 1 heterocycles. The molecule has 0 radical (unpaired) electrons. The molecule has 3 heteroatoms. The van der Waals surface area contributed by atoms with Crippen molar-refractivity contribution in [1.82, 2.24) is 0 Å². The van der Waals surface area contributed by atoms with Gasteiger partial charge in [-0.25, -0.2) is 0 Å². The number of carbonyl (C=O) groups is 1. The molecular weight excluding hydrogens is 316 g/mol. The molecule has 0 N–H and O–H groups in total. The molecule has 0 spiro atoms. The number of hydrogen-bond acceptors (Lipinski definition) is 2. The third kappa shape index (κ3) is 2.27. The maximum atomic E-state index is 12.7. The number of Topliss-reactive ketones (excluding diaryl/α,β-unsaturated/α-hetero) is 1. The summed E-state index contributed by atoms with van der Waals surface area (Å²) in [5.41, 5.74) is 3.90. The minimum Gasteiger partial charge on any atom is -0.482 e.